The Bertz CT molecular complexity index is 832. The van der Waals surface area contributed by atoms with Gasteiger partial charge < -0.3 is 0 Å². The summed E-state index contributed by atoms with van der Waals surface area (Å²) in [6.45, 7) is 0. The van der Waals surface area contributed by atoms with Crippen LogP contribution in [-0.2, 0) is 0 Å². The fraction of sp³-hybridized carbons (Fsp3) is 0. The molecular weight excluding hydrogens is 312 g/mol. The minimum Gasteiger partial charge on any atom is -0.0622 e. The van der Waals surface area contributed by atoms with Crippen LogP contribution in [0.3, 0.4) is 0 Å². The zero-order chi connectivity index (χ0) is 17.9. The SMILES string of the molecule is C(=C/c1ccccc1/C=C\C=C\c1ccccc1)/C=C/c1ccccc1. The van der Waals surface area contributed by atoms with E-state index in [-0.39, 0.29) is 0 Å². The molecule has 0 heterocycles. The zero-order valence-corrected chi connectivity index (χ0v) is 14.7. The molecule has 0 aliphatic carbocycles. The average Bonchev–Trinajstić information content (AvgIpc) is 2.71. The molecule has 0 unspecified atom stereocenters. The fourth-order valence-corrected chi connectivity index (χ4v) is 2.59. The molecule has 0 atom stereocenters. The molecular formula is C26H22. The molecule has 0 N–H and O–H groups in total. The summed E-state index contributed by atoms with van der Waals surface area (Å²) >= 11 is 0. The van der Waals surface area contributed by atoms with E-state index in [1.807, 2.05) is 36.4 Å². The van der Waals surface area contributed by atoms with Gasteiger partial charge in [-0.2, -0.15) is 0 Å². The first-order chi connectivity index (χ1) is 12.9. The Kier molecular flexibility index (Phi) is 6.58. The van der Waals surface area contributed by atoms with Crippen LogP contribution in [0.25, 0.3) is 24.3 Å². The van der Waals surface area contributed by atoms with Gasteiger partial charge in [-0.3, -0.25) is 0 Å². The Morgan fingerprint density at radius 1 is 0.346 bits per heavy atom. The maximum Gasteiger partial charge on any atom is -0.0184 e. The minimum atomic E-state index is 1.20. The lowest BCUT2D eigenvalue weighted by molar-refractivity contribution is 1.61. The highest BCUT2D eigenvalue weighted by atomic mass is 14.0. The molecule has 0 saturated carbocycles. The highest BCUT2D eigenvalue weighted by molar-refractivity contribution is 5.68. The van der Waals surface area contributed by atoms with E-state index in [2.05, 4.69) is 97.1 Å². The third-order valence-corrected chi connectivity index (χ3v) is 3.95. The van der Waals surface area contributed by atoms with Crippen LogP contribution >= 0.6 is 0 Å². The molecule has 0 spiro atoms. The summed E-state index contributed by atoms with van der Waals surface area (Å²) in [7, 11) is 0. The van der Waals surface area contributed by atoms with E-state index in [0.717, 1.165) is 0 Å². The fourth-order valence-electron chi connectivity index (χ4n) is 2.59. The molecule has 126 valence electrons. The largest absolute Gasteiger partial charge is 0.0622 e. The van der Waals surface area contributed by atoms with Crippen molar-refractivity contribution >= 4 is 24.3 Å². The van der Waals surface area contributed by atoms with Gasteiger partial charge in [0, 0.05) is 0 Å². The monoisotopic (exact) mass is 334 g/mol. The van der Waals surface area contributed by atoms with Gasteiger partial charge in [0.2, 0.25) is 0 Å². The molecule has 0 saturated heterocycles. The van der Waals surface area contributed by atoms with Crippen molar-refractivity contribution in [3.05, 3.63) is 131 Å². The summed E-state index contributed by atoms with van der Waals surface area (Å²) in [4.78, 5) is 0. The highest BCUT2D eigenvalue weighted by Crippen LogP contribution is 2.13. The molecule has 0 aliphatic heterocycles. The number of rotatable bonds is 6. The smallest absolute Gasteiger partial charge is 0.0184 e. The highest BCUT2D eigenvalue weighted by Gasteiger charge is 1.92. The molecule has 0 fully saturated rings. The summed E-state index contributed by atoms with van der Waals surface area (Å²) in [6.07, 6.45) is 16.8. The summed E-state index contributed by atoms with van der Waals surface area (Å²) in [5, 5.41) is 0. The number of hydrogen-bond acceptors (Lipinski definition) is 0. The van der Waals surface area contributed by atoms with Gasteiger partial charge in [0.25, 0.3) is 0 Å². The van der Waals surface area contributed by atoms with Crippen molar-refractivity contribution in [2.45, 2.75) is 0 Å². The van der Waals surface area contributed by atoms with Crippen LogP contribution in [-0.4, -0.2) is 0 Å². The number of benzene rings is 3. The molecule has 3 aromatic carbocycles. The van der Waals surface area contributed by atoms with E-state index in [0.29, 0.717) is 0 Å². The van der Waals surface area contributed by atoms with Crippen molar-refractivity contribution in [2.75, 3.05) is 0 Å². The van der Waals surface area contributed by atoms with Crippen LogP contribution in [0.15, 0.2) is 109 Å². The first-order valence-corrected chi connectivity index (χ1v) is 8.80. The molecule has 0 heteroatoms. The summed E-state index contributed by atoms with van der Waals surface area (Å²) in [6, 6.07) is 29.0. The van der Waals surface area contributed by atoms with Crippen molar-refractivity contribution < 1.29 is 0 Å². The Hall–Kier alpha value is -3.38. The Labute approximate surface area is 156 Å². The molecule has 0 radical (unpaired) electrons. The lowest BCUT2D eigenvalue weighted by Gasteiger charge is -1.99. The summed E-state index contributed by atoms with van der Waals surface area (Å²) in [5.41, 5.74) is 4.82. The standard InChI is InChI=1S/C26H22/c1-3-13-23(14-4-1)17-7-9-19-25-21-11-12-22-26(25)20-10-8-18-24-15-5-2-6-16-24/h1-22H/b17-7+,18-8+,19-9-,20-10-. The van der Waals surface area contributed by atoms with Gasteiger partial charge in [-0.15, -0.1) is 0 Å². The van der Waals surface area contributed by atoms with Gasteiger partial charge in [-0.1, -0.05) is 134 Å². The molecule has 3 aromatic rings. The molecule has 0 bridgehead atoms. The van der Waals surface area contributed by atoms with E-state index in [4.69, 9.17) is 0 Å². The first kappa shape index (κ1) is 17.4. The lowest BCUT2D eigenvalue weighted by atomic mass is 10.1. The topological polar surface area (TPSA) is 0 Å². The summed E-state index contributed by atoms with van der Waals surface area (Å²) in [5.74, 6) is 0. The quantitative estimate of drug-likeness (QED) is 0.420. The minimum absolute atomic E-state index is 1.20. The summed E-state index contributed by atoms with van der Waals surface area (Å²) < 4.78 is 0. The second kappa shape index (κ2) is 9.80. The Morgan fingerprint density at radius 3 is 1.12 bits per heavy atom. The zero-order valence-electron chi connectivity index (χ0n) is 14.7. The van der Waals surface area contributed by atoms with Gasteiger partial charge in [0.1, 0.15) is 0 Å². The van der Waals surface area contributed by atoms with Crippen molar-refractivity contribution in [3.63, 3.8) is 0 Å². The van der Waals surface area contributed by atoms with Crippen LogP contribution in [0, 0.1) is 0 Å². The van der Waals surface area contributed by atoms with Gasteiger partial charge in [0.05, 0.1) is 0 Å². The van der Waals surface area contributed by atoms with Crippen LogP contribution in [0.4, 0.5) is 0 Å². The van der Waals surface area contributed by atoms with Crippen molar-refractivity contribution in [1.29, 1.82) is 0 Å². The van der Waals surface area contributed by atoms with E-state index in [9.17, 15) is 0 Å². The van der Waals surface area contributed by atoms with Crippen molar-refractivity contribution in [2.24, 2.45) is 0 Å². The second-order valence-electron chi connectivity index (χ2n) is 5.89. The maximum absolute atomic E-state index is 2.14. The second-order valence-corrected chi connectivity index (χ2v) is 5.89. The number of hydrogen-bond donors (Lipinski definition) is 0. The molecule has 0 amide bonds. The Balaban J connectivity index is 1.66. The van der Waals surface area contributed by atoms with E-state index in [1.54, 1.807) is 0 Å². The van der Waals surface area contributed by atoms with Crippen LogP contribution in [0.2, 0.25) is 0 Å². The van der Waals surface area contributed by atoms with Crippen LogP contribution in [0.5, 0.6) is 0 Å². The molecule has 26 heavy (non-hydrogen) atoms. The predicted octanol–water partition coefficient (Wildman–Crippen LogP) is 7.14. The third-order valence-electron chi connectivity index (χ3n) is 3.95. The number of allylic oxidation sites excluding steroid dienone is 4. The van der Waals surface area contributed by atoms with Gasteiger partial charge >= 0.3 is 0 Å². The molecule has 0 nitrogen and oxygen atoms in total. The van der Waals surface area contributed by atoms with E-state index in [1.165, 1.54) is 22.3 Å². The molecule has 3 rings (SSSR count). The Morgan fingerprint density at radius 2 is 0.692 bits per heavy atom. The molecule has 0 aromatic heterocycles. The van der Waals surface area contributed by atoms with E-state index < -0.39 is 0 Å². The van der Waals surface area contributed by atoms with Crippen molar-refractivity contribution in [3.8, 4) is 0 Å². The van der Waals surface area contributed by atoms with Gasteiger partial charge in [-0.25, -0.2) is 0 Å². The lowest BCUT2D eigenvalue weighted by Crippen LogP contribution is -1.78. The van der Waals surface area contributed by atoms with Crippen LogP contribution in [0.1, 0.15) is 22.3 Å². The molecule has 0 aliphatic rings. The van der Waals surface area contributed by atoms with E-state index >= 15 is 0 Å². The van der Waals surface area contributed by atoms with Crippen molar-refractivity contribution in [1.82, 2.24) is 0 Å². The maximum atomic E-state index is 2.14. The normalized spacial score (nSPS) is 12.0. The van der Waals surface area contributed by atoms with Gasteiger partial charge in [-0.05, 0) is 22.3 Å². The van der Waals surface area contributed by atoms with Gasteiger partial charge in [0.15, 0.2) is 0 Å². The van der Waals surface area contributed by atoms with Crippen LogP contribution < -0.4 is 0 Å². The predicted molar refractivity (Wildman–Crippen MR) is 115 cm³/mol. The average molecular weight is 334 g/mol. The third kappa shape index (κ3) is 5.61. The first-order valence-electron chi connectivity index (χ1n) is 8.80.